The molecule has 3 atom stereocenters. The molecule has 0 unspecified atom stereocenters. The van der Waals surface area contributed by atoms with Gasteiger partial charge in [-0.2, -0.15) is 0 Å². The van der Waals surface area contributed by atoms with E-state index in [0.717, 1.165) is 48.0 Å². The number of hydrogen-bond acceptors (Lipinski definition) is 3. The highest BCUT2D eigenvalue weighted by molar-refractivity contribution is 5.56. The van der Waals surface area contributed by atoms with Gasteiger partial charge in [-0.25, -0.2) is 0 Å². The van der Waals surface area contributed by atoms with Gasteiger partial charge in [0.05, 0.1) is 0 Å². The SMILES string of the molecule is C=C(C)[C@@H]1CC[C@@H](C=O)C[C@H]1c1c(O)cc(C23CC4CC(CC(C4)C2)C3)cc1O. The van der Waals surface area contributed by atoms with E-state index in [-0.39, 0.29) is 34.7 Å². The molecule has 5 aliphatic rings. The summed E-state index contributed by atoms with van der Waals surface area (Å²) in [5.74, 6) is 3.07. The molecule has 5 aliphatic carbocycles. The third kappa shape index (κ3) is 3.12. The summed E-state index contributed by atoms with van der Waals surface area (Å²) in [7, 11) is 0. The predicted octanol–water partition coefficient (Wildman–Crippen LogP) is 5.84. The van der Waals surface area contributed by atoms with Crippen molar-refractivity contribution in [2.45, 2.75) is 76.0 Å². The number of aldehydes is 1. The van der Waals surface area contributed by atoms with E-state index in [1.54, 1.807) is 0 Å². The Morgan fingerprint density at radius 3 is 2.03 bits per heavy atom. The third-order valence-electron chi connectivity index (χ3n) is 8.87. The lowest BCUT2D eigenvalue weighted by atomic mass is 9.48. The van der Waals surface area contributed by atoms with Gasteiger partial charge in [-0.1, -0.05) is 12.2 Å². The van der Waals surface area contributed by atoms with Crippen molar-refractivity contribution in [3.63, 3.8) is 0 Å². The largest absolute Gasteiger partial charge is 0.508 e. The number of aromatic hydroxyl groups is 2. The number of carbonyl (C=O) groups excluding carboxylic acids is 1. The van der Waals surface area contributed by atoms with Gasteiger partial charge in [-0.05, 0) is 117 Å². The molecule has 0 heterocycles. The molecule has 5 fully saturated rings. The predicted molar refractivity (Wildman–Crippen MR) is 114 cm³/mol. The fourth-order valence-electron chi connectivity index (χ4n) is 8.01. The third-order valence-corrected chi connectivity index (χ3v) is 8.87. The molecule has 5 saturated carbocycles. The van der Waals surface area contributed by atoms with Crippen LogP contribution < -0.4 is 0 Å². The van der Waals surface area contributed by atoms with Crippen LogP contribution in [0.3, 0.4) is 0 Å². The van der Waals surface area contributed by atoms with Crippen LogP contribution in [0.4, 0.5) is 0 Å². The molecule has 29 heavy (non-hydrogen) atoms. The van der Waals surface area contributed by atoms with Crippen molar-refractivity contribution in [1.82, 2.24) is 0 Å². The maximum Gasteiger partial charge on any atom is 0.123 e. The van der Waals surface area contributed by atoms with Crippen molar-refractivity contribution in [1.29, 1.82) is 0 Å². The van der Waals surface area contributed by atoms with Crippen LogP contribution in [0.5, 0.6) is 11.5 Å². The van der Waals surface area contributed by atoms with Crippen LogP contribution in [0.2, 0.25) is 0 Å². The second-order valence-electron chi connectivity index (χ2n) is 10.9. The number of rotatable bonds is 4. The first-order chi connectivity index (χ1) is 13.9. The Balaban J connectivity index is 1.51. The minimum Gasteiger partial charge on any atom is -0.508 e. The number of allylic oxidation sites excluding steroid dienone is 1. The molecule has 0 spiro atoms. The molecule has 0 amide bonds. The van der Waals surface area contributed by atoms with Gasteiger partial charge in [0, 0.05) is 11.5 Å². The maximum atomic E-state index is 11.4. The molecule has 3 heteroatoms. The van der Waals surface area contributed by atoms with Crippen molar-refractivity contribution in [3.8, 4) is 11.5 Å². The highest BCUT2D eigenvalue weighted by Crippen LogP contribution is 2.61. The van der Waals surface area contributed by atoms with Gasteiger partial charge in [0.15, 0.2) is 0 Å². The van der Waals surface area contributed by atoms with Gasteiger partial charge in [0.25, 0.3) is 0 Å². The van der Waals surface area contributed by atoms with E-state index in [9.17, 15) is 15.0 Å². The van der Waals surface area contributed by atoms with E-state index < -0.39 is 0 Å². The van der Waals surface area contributed by atoms with Crippen LogP contribution >= 0.6 is 0 Å². The van der Waals surface area contributed by atoms with Crippen LogP contribution in [0.25, 0.3) is 0 Å². The zero-order valence-corrected chi connectivity index (χ0v) is 17.6. The molecular weight excluding hydrogens is 360 g/mol. The topological polar surface area (TPSA) is 57.5 Å². The van der Waals surface area contributed by atoms with Crippen LogP contribution in [0.15, 0.2) is 24.3 Å². The molecule has 1 aromatic carbocycles. The van der Waals surface area contributed by atoms with E-state index in [1.807, 2.05) is 19.1 Å². The minimum atomic E-state index is -0.0399. The highest BCUT2D eigenvalue weighted by Gasteiger charge is 2.52. The molecule has 3 nitrogen and oxygen atoms in total. The van der Waals surface area contributed by atoms with Gasteiger partial charge in [-0.15, -0.1) is 0 Å². The van der Waals surface area contributed by atoms with Crippen LogP contribution in [0, 0.1) is 29.6 Å². The van der Waals surface area contributed by atoms with E-state index in [4.69, 9.17) is 0 Å². The maximum absolute atomic E-state index is 11.4. The number of hydrogen-bond donors (Lipinski definition) is 2. The lowest BCUT2D eigenvalue weighted by Gasteiger charge is -2.57. The Morgan fingerprint density at radius 2 is 1.55 bits per heavy atom. The summed E-state index contributed by atoms with van der Waals surface area (Å²) < 4.78 is 0. The smallest absolute Gasteiger partial charge is 0.123 e. The molecule has 1 aromatic rings. The average molecular weight is 395 g/mol. The first-order valence-electron chi connectivity index (χ1n) is 11.6. The lowest BCUT2D eigenvalue weighted by molar-refractivity contribution is -0.112. The molecule has 156 valence electrons. The normalized spacial score (nSPS) is 40.7. The Kier molecular flexibility index (Phi) is 4.56. The van der Waals surface area contributed by atoms with Crippen molar-refractivity contribution < 1.29 is 15.0 Å². The van der Waals surface area contributed by atoms with Crippen molar-refractivity contribution >= 4 is 6.29 Å². The number of phenolic OH excluding ortho intramolecular Hbond substituents is 2. The average Bonchev–Trinajstić information content (AvgIpc) is 2.66. The lowest BCUT2D eigenvalue weighted by Crippen LogP contribution is -2.48. The number of phenols is 2. The summed E-state index contributed by atoms with van der Waals surface area (Å²) in [4.78, 5) is 11.4. The molecular formula is C26H34O3. The Morgan fingerprint density at radius 1 is 1.00 bits per heavy atom. The Hall–Kier alpha value is -1.77. The van der Waals surface area contributed by atoms with Crippen LogP contribution in [-0.4, -0.2) is 16.5 Å². The summed E-state index contributed by atoms with van der Waals surface area (Å²) in [6.07, 6.45) is 11.2. The van der Waals surface area contributed by atoms with Crippen molar-refractivity contribution in [2.75, 3.05) is 0 Å². The van der Waals surface area contributed by atoms with Crippen LogP contribution in [0.1, 0.15) is 81.8 Å². The second-order valence-corrected chi connectivity index (χ2v) is 10.9. The fraction of sp³-hybridized carbons (Fsp3) is 0.654. The van der Waals surface area contributed by atoms with Crippen molar-refractivity contribution in [3.05, 3.63) is 35.4 Å². The molecule has 0 aliphatic heterocycles. The minimum absolute atomic E-state index is 0.00256. The first-order valence-corrected chi connectivity index (χ1v) is 11.6. The monoisotopic (exact) mass is 394 g/mol. The van der Waals surface area contributed by atoms with E-state index in [1.165, 1.54) is 38.5 Å². The summed E-state index contributed by atoms with van der Waals surface area (Å²) in [6, 6.07) is 3.92. The highest BCUT2D eigenvalue weighted by atomic mass is 16.3. The van der Waals surface area contributed by atoms with Gasteiger partial charge < -0.3 is 15.0 Å². The fourth-order valence-corrected chi connectivity index (χ4v) is 8.01. The number of carbonyl (C=O) groups is 1. The van der Waals surface area contributed by atoms with Crippen molar-refractivity contribution in [2.24, 2.45) is 29.6 Å². The number of benzene rings is 1. The summed E-state index contributed by atoms with van der Waals surface area (Å²) in [6.45, 7) is 6.18. The molecule has 2 N–H and O–H groups in total. The van der Waals surface area contributed by atoms with Gasteiger partial charge in [0.1, 0.15) is 17.8 Å². The molecule has 0 aromatic heterocycles. The quantitative estimate of drug-likeness (QED) is 0.498. The van der Waals surface area contributed by atoms with E-state index >= 15 is 0 Å². The summed E-state index contributed by atoms with van der Waals surface area (Å²) in [5, 5.41) is 22.2. The van der Waals surface area contributed by atoms with E-state index in [0.29, 0.717) is 12.0 Å². The van der Waals surface area contributed by atoms with E-state index in [2.05, 4.69) is 6.58 Å². The zero-order valence-electron chi connectivity index (χ0n) is 17.6. The zero-order chi connectivity index (χ0) is 20.3. The Labute approximate surface area is 174 Å². The van der Waals surface area contributed by atoms with Gasteiger partial charge in [-0.3, -0.25) is 0 Å². The second kappa shape index (κ2) is 6.89. The molecule has 0 radical (unpaired) electrons. The first kappa shape index (κ1) is 19.2. The van der Waals surface area contributed by atoms with Crippen LogP contribution in [-0.2, 0) is 10.2 Å². The van der Waals surface area contributed by atoms with Gasteiger partial charge >= 0.3 is 0 Å². The summed E-state index contributed by atoms with van der Waals surface area (Å²) in [5.41, 5.74) is 3.00. The molecule has 6 rings (SSSR count). The molecule has 0 saturated heterocycles. The van der Waals surface area contributed by atoms with Gasteiger partial charge in [0.2, 0.25) is 0 Å². The standard InChI is InChI=1S/C26H34O3/c1-15(2)21-4-3-16(14-27)8-22(21)25-23(28)9-20(10-24(25)29)26-11-17-5-18(12-26)7-19(6-17)13-26/h9-10,14,16-19,21-22,28-29H,1,3-8,11-13H2,2H3/t16-,17?,18?,19?,21+,22-,26?/m1/s1. The Bertz CT molecular complexity index is 780. The molecule has 4 bridgehead atoms. The summed E-state index contributed by atoms with van der Waals surface area (Å²) >= 11 is 0.